The molecule has 1 amide bonds. The molecule has 0 aliphatic carbocycles. The summed E-state index contributed by atoms with van der Waals surface area (Å²) in [5.74, 6) is -1.54. The van der Waals surface area contributed by atoms with Crippen molar-refractivity contribution in [1.82, 2.24) is 20.1 Å². The number of H-pyrrole nitrogens is 1. The Morgan fingerprint density at radius 3 is 2.61 bits per heavy atom. The van der Waals surface area contributed by atoms with E-state index in [2.05, 4.69) is 65.6 Å². The van der Waals surface area contributed by atoms with Crippen LogP contribution in [-0.4, -0.2) is 119 Å². The fourth-order valence-electron chi connectivity index (χ4n) is 7.44. The number of hydrogen-bond acceptors (Lipinski definition) is 8. The number of aromatic nitrogens is 1. The van der Waals surface area contributed by atoms with Gasteiger partial charge in [-0.1, -0.05) is 39.0 Å². The molecule has 0 saturated carbocycles. The molecule has 11 atom stereocenters. The number of carbonyl (C=O) groups excluding carboxylic acids is 1. The van der Waals surface area contributed by atoms with Crippen molar-refractivity contribution in [2.45, 2.75) is 109 Å². The fourth-order valence-corrected chi connectivity index (χ4v) is 7.44. The molecule has 4 rings (SSSR count). The molecule has 2 aromatic rings. The van der Waals surface area contributed by atoms with Crippen LogP contribution in [0.5, 0.6) is 0 Å². The average Bonchev–Trinajstić information content (AvgIpc) is 3.45. The summed E-state index contributed by atoms with van der Waals surface area (Å²) >= 11 is 0. The number of nitrogens with one attached hydrogen (secondary N) is 2. The number of nitrogens with zero attached hydrogens (tertiary/aromatic N) is 2. The first-order chi connectivity index (χ1) is 21.7. The number of ether oxygens (including phenoxy) is 2. The van der Waals surface area contributed by atoms with Gasteiger partial charge in [-0.25, -0.2) is 0 Å². The van der Waals surface area contributed by atoms with Gasteiger partial charge >= 0.3 is 0 Å². The predicted octanol–water partition coefficient (Wildman–Crippen LogP) is 3.61. The zero-order chi connectivity index (χ0) is 33.8. The SMILES string of the molecule is CC1C[C@H](N(C)C)[C@@H](O)C(O[C@@H]2[C@@H](C)[C@H](O)[C@H](C)C(=O)NC(C/C=C/c3ccc4[nH]ccc4c3)CCN(C)C[C@H](C)CC2(C)O)O1. The molecule has 2 fully saturated rings. The van der Waals surface area contributed by atoms with E-state index in [1.807, 2.05) is 32.1 Å². The molecule has 0 radical (unpaired) electrons. The Labute approximate surface area is 275 Å². The van der Waals surface area contributed by atoms with Crippen LogP contribution in [0, 0.1) is 17.8 Å². The molecule has 3 heterocycles. The summed E-state index contributed by atoms with van der Waals surface area (Å²) in [6.45, 7) is 10.8. The first-order valence-corrected chi connectivity index (χ1v) is 16.9. The molecule has 1 aromatic carbocycles. The molecule has 4 unspecified atom stereocenters. The lowest BCUT2D eigenvalue weighted by atomic mass is 9.77. The van der Waals surface area contributed by atoms with Gasteiger partial charge in [0.1, 0.15) is 6.10 Å². The second kappa shape index (κ2) is 15.7. The van der Waals surface area contributed by atoms with E-state index in [1.165, 1.54) is 0 Å². The summed E-state index contributed by atoms with van der Waals surface area (Å²) < 4.78 is 12.6. The number of aliphatic hydroxyl groups is 3. The van der Waals surface area contributed by atoms with E-state index >= 15 is 0 Å². The highest BCUT2D eigenvalue weighted by atomic mass is 16.7. The highest BCUT2D eigenvalue weighted by Gasteiger charge is 2.47. The van der Waals surface area contributed by atoms with Gasteiger partial charge in [-0.15, -0.1) is 0 Å². The highest BCUT2D eigenvalue weighted by molar-refractivity contribution is 5.82. The van der Waals surface area contributed by atoms with Crippen LogP contribution in [0.3, 0.4) is 0 Å². The lowest BCUT2D eigenvalue weighted by Crippen LogP contribution is -2.59. The maximum Gasteiger partial charge on any atom is 0.225 e. The molecule has 10 nitrogen and oxygen atoms in total. The molecule has 2 saturated heterocycles. The minimum Gasteiger partial charge on any atom is -0.392 e. The average molecular weight is 643 g/mol. The van der Waals surface area contributed by atoms with Crippen LogP contribution in [-0.2, 0) is 14.3 Å². The topological polar surface area (TPSA) is 131 Å². The van der Waals surface area contributed by atoms with E-state index in [4.69, 9.17) is 9.47 Å². The molecule has 2 aliphatic rings. The number of aliphatic hydroxyl groups excluding tert-OH is 2. The Balaban J connectivity index is 1.54. The van der Waals surface area contributed by atoms with Crippen molar-refractivity contribution >= 4 is 22.9 Å². The number of aromatic amines is 1. The van der Waals surface area contributed by atoms with Gasteiger partial charge in [0.05, 0.1) is 29.8 Å². The second-order valence-corrected chi connectivity index (χ2v) is 14.7. The van der Waals surface area contributed by atoms with Crippen LogP contribution in [0.1, 0.15) is 65.9 Å². The van der Waals surface area contributed by atoms with Crippen LogP contribution >= 0.6 is 0 Å². The Morgan fingerprint density at radius 2 is 1.89 bits per heavy atom. The van der Waals surface area contributed by atoms with Gasteiger partial charge in [0, 0.05) is 36.3 Å². The third-order valence-electron chi connectivity index (χ3n) is 10.0. The van der Waals surface area contributed by atoms with Crippen molar-refractivity contribution in [2.24, 2.45) is 17.8 Å². The summed E-state index contributed by atoms with van der Waals surface area (Å²) in [4.78, 5) is 21.0. The van der Waals surface area contributed by atoms with Crippen LogP contribution < -0.4 is 5.32 Å². The van der Waals surface area contributed by atoms with Crippen LogP contribution in [0.25, 0.3) is 17.0 Å². The number of rotatable bonds is 6. The third kappa shape index (κ3) is 9.18. The van der Waals surface area contributed by atoms with E-state index in [-0.39, 0.29) is 30.0 Å². The molecular formula is C36H58N4O6. The Kier molecular flexibility index (Phi) is 12.5. The number of amides is 1. The predicted molar refractivity (Wildman–Crippen MR) is 182 cm³/mol. The lowest BCUT2D eigenvalue weighted by Gasteiger charge is -2.46. The second-order valence-electron chi connectivity index (χ2n) is 14.7. The minimum atomic E-state index is -1.37. The summed E-state index contributed by atoms with van der Waals surface area (Å²) in [5, 5.41) is 39.2. The van der Waals surface area contributed by atoms with Gasteiger partial charge in [-0.2, -0.15) is 0 Å². The molecule has 2 aliphatic heterocycles. The molecule has 10 heteroatoms. The van der Waals surface area contributed by atoms with Gasteiger partial charge in [-0.05, 0) is 102 Å². The van der Waals surface area contributed by atoms with Crippen molar-refractivity contribution in [3.8, 4) is 0 Å². The number of hydrogen-bond donors (Lipinski definition) is 5. The van der Waals surface area contributed by atoms with Crippen LogP contribution in [0.2, 0.25) is 0 Å². The standard InChI is InChI=1S/C36H58N4O6/c1-22-20-36(5,44)33(46-35-32(42)30(39(6)7)18-23(2)45-35)24(3)31(41)25(4)34(43)38-28(15-17-40(8)21-22)11-9-10-26-12-13-29-27(19-26)14-16-37-29/h9-10,12-14,16,19,22-25,28,30-33,35,37,41-42,44H,11,15,17-18,20-21H2,1-8H3,(H,38,43)/b10-9+/t22-,23?,24+,25+,28?,30+,31+,32-,33-,35?,36?/m1/s1. The first kappa shape index (κ1) is 36.5. The van der Waals surface area contributed by atoms with Crippen molar-refractivity contribution in [2.75, 3.05) is 34.2 Å². The summed E-state index contributed by atoms with van der Waals surface area (Å²) in [6, 6.07) is 8.02. The molecule has 46 heavy (non-hydrogen) atoms. The summed E-state index contributed by atoms with van der Waals surface area (Å²) in [5.41, 5.74) is 0.826. The molecule has 0 bridgehead atoms. The van der Waals surface area contributed by atoms with Crippen molar-refractivity contribution < 1.29 is 29.6 Å². The van der Waals surface area contributed by atoms with E-state index in [0.29, 0.717) is 19.3 Å². The van der Waals surface area contributed by atoms with Crippen LogP contribution in [0.4, 0.5) is 0 Å². The highest BCUT2D eigenvalue weighted by Crippen LogP contribution is 2.35. The number of benzene rings is 1. The zero-order valence-corrected chi connectivity index (χ0v) is 29.0. The van der Waals surface area contributed by atoms with Gasteiger partial charge in [0.15, 0.2) is 6.29 Å². The van der Waals surface area contributed by atoms with Gasteiger partial charge in [0.25, 0.3) is 0 Å². The van der Waals surface area contributed by atoms with Crippen molar-refractivity contribution in [1.29, 1.82) is 0 Å². The summed E-state index contributed by atoms with van der Waals surface area (Å²) in [6.07, 6.45) is 4.47. The monoisotopic (exact) mass is 642 g/mol. The molecule has 258 valence electrons. The Bertz CT molecular complexity index is 1300. The molecular weight excluding hydrogens is 584 g/mol. The minimum absolute atomic E-state index is 0.109. The van der Waals surface area contributed by atoms with Gasteiger partial charge < -0.3 is 44.9 Å². The fraction of sp³-hybridized carbons (Fsp3) is 0.694. The lowest BCUT2D eigenvalue weighted by molar-refractivity contribution is -0.299. The van der Waals surface area contributed by atoms with E-state index in [1.54, 1.807) is 20.8 Å². The normalized spacial score (nSPS) is 37.9. The molecule has 1 aromatic heterocycles. The molecule has 0 spiro atoms. The number of fused-ring (bicyclic) bond motifs is 1. The maximum atomic E-state index is 13.6. The Morgan fingerprint density at radius 1 is 1.15 bits per heavy atom. The third-order valence-corrected chi connectivity index (χ3v) is 10.0. The van der Waals surface area contributed by atoms with E-state index in [9.17, 15) is 20.1 Å². The number of carbonyl (C=O) groups is 1. The van der Waals surface area contributed by atoms with Crippen molar-refractivity contribution in [3.05, 3.63) is 42.1 Å². The van der Waals surface area contributed by atoms with Gasteiger partial charge in [0.2, 0.25) is 5.91 Å². The quantitative estimate of drug-likeness (QED) is 0.323. The smallest absolute Gasteiger partial charge is 0.225 e. The first-order valence-electron chi connectivity index (χ1n) is 16.9. The summed E-state index contributed by atoms with van der Waals surface area (Å²) in [7, 11) is 5.89. The van der Waals surface area contributed by atoms with Gasteiger partial charge in [-0.3, -0.25) is 4.79 Å². The zero-order valence-electron chi connectivity index (χ0n) is 29.0. The van der Waals surface area contributed by atoms with E-state index < -0.39 is 42.0 Å². The molecule has 5 N–H and O–H groups in total. The number of likely N-dealkylation sites (N-methyl/N-ethyl adjacent to an activating group) is 1. The largest absolute Gasteiger partial charge is 0.392 e. The van der Waals surface area contributed by atoms with E-state index in [0.717, 1.165) is 36.0 Å². The maximum absolute atomic E-state index is 13.6. The van der Waals surface area contributed by atoms with Crippen LogP contribution in [0.15, 0.2) is 36.5 Å². The Hall–Kier alpha value is -2.31. The van der Waals surface area contributed by atoms with Crippen molar-refractivity contribution in [3.63, 3.8) is 0 Å².